The molecule has 4 nitrogen and oxygen atoms in total. The molecule has 0 bridgehead atoms. The van der Waals surface area contributed by atoms with Crippen molar-refractivity contribution in [3.63, 3.8) is 0 Å². The second-order valence-corrected chi connectivity index (χ2v) is 2.19. The summed E-state index contributed by atoms with van der Waals surface area (Å²) in [4.78, 5) is 0. The molecule has 0 fully saturated rings. The summed E-state index contributed by atoms with van der Waals surface area (Å²) < 4.78 is -0.562. The number of aliphatic hydroxyl groups excluding tert-OH is 2. The zero-order valence-electron chi connectivity index (χ0n) is 5.58. The molecule has 4 heteroatoms. The number of aliphatic hydroxyl groups is 2. The maximum absolute atomic E-state index is 10.9. The number of hydrogen-bond acceptors (Lipinski definition) is 3. The number of likely N-dealkylation sites (N-methyl/N-ethyl adjacent to an activating group) is 1. The summed E-state index contributed by atoms with van der Waals surface area (Å²) >= 11 is 0. The van der Waals surface area contributed by atoms with Crippen molar-refractivity contribution >= 4 is 0 Å². The second kappa shape index (κ2) is 3.79. The van der Waals surface area contributed by atoms with Crippen molar-refractivity contribution in [3.8, 4) is 0 Å². The Morgan fingerprint density at radius 3 is 1.78 bits per heavy atom. The van der Waals surface area contributed by atoms with Crippen molar-refractivity contribution in [1.29, 1.82) is 0 Å². The molecule has 0 aromatic carbocycles. The molecule has 0 aliphatic heterocycles. The number of quaternary nitrogens is 1. The van der Waals surface area contributed by atoms with E-state index in [1.807, 2.05) is 0 Å². The number of nitrogens with zero attached hydrogens (tertiary/aromatic N) is 1. The van der Waals surface area contributed by atoms with Crippen molar-refractivity contribution < 1.29 is 14.9 Å². The Morgan fingerprint density at radius 1 is 1.22 bits per heavy atom. The smallest absolute Gasteiger partial charge is 0.102 e. The van der Waals surface area contributed by atoms with E-state index in [2.05, 4.69) is 0 Å². The van der Waals surface area contributed by atoms with Crippen LogP contribution in [-0.2, 0) is 0 Å². The van der Waals surface area contributed by atoms with E-state index in [4.69, 9.17) is 10.2 Å². The molecule has 0 aromatic rings. The predicted molar refractivity (Wildman–Crippen MR) is 33.5 cm³/mol. The van der Waals surface area contributed by atoms with Gasteiger partial charge in [0.2, 0.25) is 0 Å². The lowest BCUT2D eigenvalue weighted by Gasteiger charge is -2.37. The summed E-state index contributed by atoms with van der Waals surface area (Å²) in [6, 6.07) is 0. The van der Waals surface area contributed by atoms with Crippen molar-refractivity contribution in [2.75, 3.05) is 33.4 Å². The predicted octanol–water partition coefficient (Wildman–Crippen LogP) is -1.08. The van der Waals surface area contributed by atoms with E-state index in [1.54, 1.807) is 0 Å². The van der Waals surface area contributed by atoms with Gasteiger partial charge in [0.05, 0.1) is 20.3 Å². The molecule has 0 aromatic heterocycles. The van der Waals surface area contributed by atoms with Gasteiger partial charge in [-0.25, -0.2) is 0 Å². The Hall–Kier alpha value is -0.160. The first-order valence-corrected chi connectivity index (χ1v) is 2.89. The minimum absolute atomic E-state index is 0.125. The van der Waals surface area contributed by atoms with Gasteiger partial charge in [-0.3, -0.25) is 0 Å². The number of rotatable bonds is 4. The topological polar surface area (TPSA) is 63.5 Å². The first-order valence-electron chi connectivity index (χ1n) is 2.89. The van der Waals surface area contributed by atoms with Crippen LogP contribution in [0.5, 0.6) is 0 Å². The van der Waals surface area contributed by atoms with E-state index in [-0.39, 0.29) is 26.3 Å². The highest BCUT2D eigenvalue weighted by molar-refractivity contribution is 4.35. The Morgan fingerprint density at radius 2 is 1.56 bits per heavy atom. The molecule has 2 N–H and O–H groups in total. The fraction of sp³-hybridized carbons (Fsp3) is 1.00. The summed E-state index contributed by atoms with van der Waals surface area (Å²) in [7, 11) is 1.42. The van der Waals surface area contributed by atoms with Gasteiger partial charge in [0.25, 0.3) is 0 Å². The molecule has 0 radical (unpaired) electrons. The molecule has 0 heterocycles. The standard InChI is InChI=1S/C5H13NO3/c1-6(9,2-4-7)3-5-8/h7-8H,2-5H2,1H3. The van der Waals surface area contributed by atoms with E-state index >= 15 is 0 Å². The first kappa shape index (κ1) is 8.84. The first-order chi connectivity index (χ1) is 4.12. The van der Waals surface area contributed by atoms with Gasteiger partial charge in [-0.15, -0.1) is 0 Å². The van der Waals surface area contributed by atoms with Crippen LogP contribution in [0.2, 0.25) is 0 Å². The molecule has 0 spiro atoms. The van der Waals surface area contributed by atoms with Crippen molar-refractivity contribution in [2.45, 2.75) is 0 Å². The van der Waals surface area contributed by atoms with Gasteiger partial charge in [-0.2, -0.15) is 0 Å². The van der Waals surface area contributed by atoms with Gasteiger partial charge < -0.3 is 20.1 Å². The number of hydroxylamine groups is 3. The van der Waals surface area contributed by atoms with Crippen LogP contribution < -0.4 is 0 Å². The molecule has 0 rings (SSSR count). The van der Waals surface area contributed by atoms with Crippen LogP contribution in [0.25, 0.3) is 0 Å². The lowest BCUT2D eigenvalue weighted by molar-refractivity contribution is -0.861. The summed E-state index contributed by atoms with van der Waals surface area (Å²) in [5.74, 6) is 0. The van der Waals surface area contributed by atoms with Gasteiger partial charge in [0, 0.05) is 0 Å². The molecule has 0 aliphatic rings. The fourth-order valence-electron chi connectivity index (χ4n) is 0.535. The van der Waals surface area contributed by atoms with Crippen molar-refractivity contribution in [2.24, 2.45) is 0 Å². The molecular weight excluding hydrogens is 122 g/mol. The summed E-state index contributed by atoms with van der Waals surface area (Å²) in [5, 5.41) is 27.6. The SMILES string of the molecule is C[N+]([O-])(CCO)CCO. The van der Waals surface area contributed by atoms with Gasteiger partial charge in [0.15, 0.2) is 0 Å². The Kier molecular flexibility index (Phi) is 3.72. The molecule has 0 saturated carbocycles. The lowest BCUT2D eigenvalue weighted by atomic mass is 10.5. The quantitative estimate of drug-likeness (QED) is 0.380. The average Bonchev–Trinajstić information content (AvgIpc) is 1.64. The molecule has 0 amide bonds. The summed E-state index contributed by atoms with van der Waals surface area (Å²) in [6.07, 6.45) is 0. The second-order valence-electron chi connectivity index (χ2n) is 2.19. The molecule has 0 atom stereocenters. The van der Waals surface area contributed by atoms with Crippen LogP contribution in [-0.4, -0.2) is 48.2 Å². The molecule has 0 saturated heterocycles. The molecule has 9 heavy (non-hydrogen) atoms. The lowest BCUT2D eigenvalue weighted by Crippen LogP contribution is -2.42. The van der Waals surface area contributed by atoms with E-state index in [9.17, 15) is 5.21 Å². The van der Waals surface area contributed by atoms with Crippen molar-refractivity contribution in [3.05, 3.63) is 5.21 Å². The minimum atomic E-state index is -0.562. The van der Waals surface area contributed by atoms with Crippen LogP contribution in [0.15, 0.2) is 0 Å². The Bertz CT molecular complexity index is 66.6. The Labute approximate surface area is 54.5 Å². The van der Waals surface area contributed by atoms with Crippen LogP contribution in [0.4, 0.5) is 0 Å². The zero-order chi connectivity index (χ0) is 7.33. The minimum Gasteiger partial charge on any atom is -0.633 e. The third kappa shape index (κ3) is 4.35. The number of hydrogen-bond donors (Lipinski definition) is 2. The molecular formula is C5H13NO3. The third-order valence-corrected chi connectivity index (χ3v) is 1.15. The summed E-state index contributed by atoms with van der Waals surface area (Å²) in [5.41, 5.74) is 0. The monoisotopic (exact) mass is 135 g/mol. The molecule has 0 aliphatic carbocycles. The third-order valence-electron chi connectivity index (χ3n) is 1.15. The largest absolute Gasteiger partial charge is 0.633 e. The van der Waals surface area contributed by atoms with Gasteiger partial charge >= 0.3 is 0 Å². The van der Waals surface area contributed by atoms with E-state index in [1.165, 1.54) is 7.05 Å². The maximum Gasteiger partial charge on any atom is 0.102 e. The van der Waals surface area contributed by atoms with E-state index in [0.717, 1.165) is 0 Å². The highest BCUT2D eigenvalue weighted by Crippen LogP contribution is 1.94. The highest BCUT2D eigenvalue weighted by atomic mass is 16.5. The van der Waals surface area contributed by atoms with Crippen LogP contribution in [0.1, 0.15) is 0 Å². The van der Waals surface area contributed by atoms with Crippen LogP contribution in [0.3, 0.4) is 0 Å². The van der Waals surface area contributed by atoms with Crippen LogP contribution in [0, 0.1) is 5.21 Å². The van der Waals surface area contributed by atoms with Gasteiger partial charge in [-0.1, -0.05) is 0 Å². The fourth-order valence-corrected chi connectivity index (χ4v) is 0.535. The van der Waals surface area contributed by atoms with Crippen LogP contribution >= 0.6 is 0 Å². The Balaban J connectivity index is 3.43. The molecule has 0 unspecified atom stereocenters. The van der Waals surface area contributed by atoms with E-state index in [0.29, 0.717) is 0 Å². The molecule has 56 valence electrons. The zero-order valence-corrected chi connectivity index (χ0v) is 5.58. The van der Waals surface area contributed by atoms with Crippen molar-refractivity contribution in [1.82, 2.24) is 0 Å². The maximum atomic E-state index is 10.9. The van der Waals surface area contributed by atoms with Gasteiger partial charge in [-0.05, 0) is 0 Å². The average molecular weight is 135 g/mol. The van der Waals surface area contributed by atoms with E-state index < -0.39 is 4.65 Å². The van der Waals surface area contributed by atoms with Gasteiger partial charge in [0.1, 0.15) is 13.1 Å². The summed E-state index contributed by atoms with van der Waals surface area (Å²) in [6.45, 7) is 0.0567. The normalized spacial score (nSPS) is 12.0. The highest BCUT2D eigenvalue weighted by Gasteiger charge is 2.06.